The smallest absolute Gasteiger partial charge is 0.230 e. The molecular weight excluding hydrogens is 340 g/mol. The van der Waals surface area contributed by atoms with Crippen LogP contribution in [0.3, 0.4) is 0 Å². The molecule has 7 heteroatoms. The van der Waals surface area contributed by atoms with E-state index >= 15 is 0 Å². The van der Waals surface area contributed by atoms with Crippen LogP contribution in [0, 0.1) is 13.8 Å². The molecule has 2 N–H and O–H groups in total. The van der Waals surface area contributed by atoms with Crippen LogP contribution in [0.25, 0.3) is 0 Å². The standard InChI is InChI=1S/C17H24N4OS2/c1-5-6-13(4)18-15(22)10-23-17-21-20-16(24-17)19-14-8-7-11(2)9-12(14)3/h7-9,13H,5-6,10H2,1-4H3,(H,18,22)(H,19,20)/t13-/m1/s1. The van der Waals surface area contributed by atoms with Crippen LogP contribution in [0.4, 0.5) is 10.8 Å². The first-order valence-corrected chi connectivity index (χ1v) is 9.88. The molecule has 0 aliphatic heterocycles. The molecule has 2 rings (SSSR count). The Morgan fingerprint density at radius 3 is 2.83 bits per heavy atom. The Labute approximate surface area is 151 Å². The number of amides is 1. The fourth-order valence-electron chi connectivity index (χ4n) is 2.34. The molecule has 0 radical (unpaired) electrons. The number of carbonyl (C=O) groups is 1. The summed E-state index contributed by atoms with van der Waals surface area (Å²) < 4.78 is 0.792. The zero-order valence-corrected chi connectivity index (χ0v) is 16.2. The second-order valence-electron chi connectivity index (χ2n) is 5.86. The second kappa shape index (κ2) is 9.03. The first-order valence-electron chi connectivity index (χ1n) is 8.08. The van der Waals surface area contributed by atoms with Crippen molar-refractivity contribution in [2.45, 2.75) is 50.9 Å². The topological polar surface area (TPSA) is 66.9 Å². The van der Waals surface area contributed by atoms with Crippen molar-refractivity contribution < 1.29 is 4.79 Å². The van der Waals surface area contributed by atoms with Crippen molar-refractivity contribution in [3.63, 3.8) is 0 Å². The number of thioether (sulfide) groups is 1. The van der Waals surface area contributed by atoms with Gasteiger partial charge in [-0.05, 0) is 38.8 Å². The molecule has 0 bridgehead atoms. The van der Waals surface area contributed by atoms with Gasteiger partial charge < -0.3 is 10.6 Å². The Kier molecular flexibility index (Phi) is 7.05. The van der Waals surface area contributed by atoms with E-state index in [-0.39, 0.29) is 11.9 Å². The molecule has 0 fully saturated rings. The third-order valence-corrected chi connectivity index (χ3v) is 5.46. The average molecular weight is 365 g/mol. The highest BCUT2D eigenvalue weighted by molar-refractivity contribution is 8.01. The highest BCUT2D eigenvalue weighted by atomic mass is 32.2. The van der Waals surface area contributed by atoms with Gasteiger partial charge in [0.15, 0.2) is 4.34 Å². The van der Waals surface area contributed by atoms with E-state index in [0.29, 0.717) is 5.75 Å². The first kappa shape index (κ1) is 18.7. The minimum Gasteiger partial charge on any atom is -0.353 e. The Morgan fingerprint density at radius 2 is 2.12 bits per heavy atom. The molecule has 0 aliphatic carbocycles. The van der Waals surface area contributed by atoms with Gasteiger partial charge in [-0.3, -0.25) is 4.79 Å². The van der Waals surface area contributed by atoms with Crippen LogP contribution in [-0.4, -0.2) is 27.9 Å². The molecule has 1 aromatic carbocycles. The van der Waals surface area contributed by atoms with Crippen LogP contribution in [0.5, 0.6) is 0 Å². The average Bonchev–Trinajstić information content (AvgIpc) is 2.96. The van der Waals surface area contributed by atoms with E-state index in [0.717, 1.165) is 28.0 Å². The van der Waals surface area contributed by atoms with Gasteiger partial charge in [0.2, 0.25) is 11.0 Å². The fraction of sp³-hybridized carbons (Fsp3) is 0.471. The van der Waals surface area contributed by atoms with Crippen molar-refractivity contribution in [1.29, 1.82) is 0 Å². The second-order valence-corrected chi connectivity index (χ2v) is 8.06. The number of nitrogens with one attached hydrogen (secondary N) is 2. The maximum Gasteiger partial charge on any atom is 0.230 e. The molecule has 1 amide bonds. The Morgan fingerprint density at radius 1 is 1.33 bits per heavy atom. The van der Waals surface area contributed by atoms with Gasteiger partial charge >= 0.3 is 0 Å². The minimum absolute atomic E-state index is 0.0417. The highest BCUT2D eigenvalue weighted by Gasteiger charge is 2.11. The quantitative estimate of drug-likeness (QED) is 0.684. The maximum atomic E-state index is 11.9. The van der Waals surface area contributed by atoms with Crippen molar-refractivity contribution >= 4 is 39.8 Å². The largest absolute Gasteiger partial charge is 0.353 e. The number of nitrogens with zero attached hydrogens (tertiary/aromatic N) is 2. The zero-order valence-electron chi connectivity index (χ0n) is 14.5. The third-order valence-electron chi connectivity index (χ3n) is 3.49. The first-order chi connectivity index (χ1) is 11.5. The van der Waals surface area contributed by atoms with Crippen LogP contribution in [0.2, 0.25) is 0 Å². The van der Waals surface area contributed by atoms with Crippen LogP contribution < -0.4 is 10.6 Å². The van der Waals surface area contributed by atoms with E-state index in [1.165, 1.54) is 34.2 Å². The lowest BCUT2D eigenvalue weighted by atomic mass is 10.1. The van der Waals surface area contributed by atoms with Gasteiger partial charge in [0, 0.05) is 11.7 Å². The van der Waals surface area contributed by atoms with Crippen LogP contribution in [-0.2, 0) is 4.79 Å². The Hall–Kier alpha value is -1.60. The lowest BCUT2D eigenvalue weighted by molar-refractivity contribution is -0.119. The van der Waals surface area contributed by atoms with Crippen molar-refractivity contribution in [1.82, 2.24) is 15.5 Å². The van der Waals surface area contributed by atoms with Crippen molar-refractivity contribution in [2.24, 2.45) is 0 Å². The lowest BCUT2D eigenvalue weighted by Gasteiger charge is -2.11. The number of anilines is 2. The van der Waals surface area contributed by atoms with Crippen molar-refractivity contribution in [2.75, 3.05) is 11.1 Å². The van der Waals surface area contributed by atoms with E-state index < -0.39 is 0 Å². The SMILES string of the molecule is CCC[C@@H](C)NC(=O)CSc1nnc(Nc2ccc(C)cc2C)s1. The van der Waals surface area contributed by atoms with Crippen molar-refractivity contribution in [3.05, 3.63) is 29.3 Å². The Balaban J connectivity index is 1.85. The molecule has 130 valence electrons. The third kappa shape index (κ3) is 5.79. The van der Waals surface area contributed by atoms with Crippen LogP contribution in [0.1, 0.15) is 37.8 Å². The molecular formula is C17H24N4OS2. The maximum absolute atomic E-state index is 11.9. The van der Waals surface area contributed by atoms with E-state index in [4.69, 9.17) is 0 Å². The summed E-state index contributed by atoms with van der Waals surface area (Å²) in [5.74, 6) is 0.409. The normalized spacial score (nSPS) is 12.0. The van der Waals surface area contributed by atoms with E-state index in [1.54, 1.807) is 0 Å². The monoisotopic (exact) mass is 364 g/mol. The number of rotatable bonds is 8. The predicted octanol–water partition coefficient (Wildman–Crippen LogP) is 4.30. The summed E-state index contributed by atoms with van der Waals surface area (Å²) in [6.07, 6.45) is 2.07. The molecule has 0 aliphatic rings. The molecule has 0 saturated heterocycles. The summed E-state index contributed by atoms with van der Waals surface area (Å²) in [5, 5.41) is 15.3. The van der Waals surface area contributed by atoms with Crippen LogP contribution >= 0.6 is 23.1 Å². The van der Waals surface area contributed by atoms with E-state index in [9.17, 15) is 4.79 Å². The molecule has 1 aromatic heterocycles. The summed E-state index contributed by atoms with van der Waals surface area (Å²) in [5.41, 5.74) is 3.43. The molecule has 0 spiro atoms. The van der Waals surface area contributed by atoms with Gasteiger partial charge in [0.25, 0.3) is 0 Å². The van der Waals surface area contributed by atoms with Crippen molar-refractivity contribution in [3.8, 4) is 0 Å². The summed E-state index contributed by atoms with van der Waals surface area (Å²) >= 11 is 2.88. The molecule has 24 heavy (non-hydrogen) atoms. The van der Waals surface area contributed by atoms with E-state index in [1.807, 2.05) is 13.0 Å². The summed E-state index contributed by atoms with van der Waals surface area (Å²) in [6, 6.07) is 6.45. The number of carbonyl (C=O) groups excluding carboxylic acids is 1. The summed E-state index contributed by atoms with van der Waals surface area (Å²) in [4.78, 5) is 11.9. The van der Waals surface area contributed by atoms with Crippen LogP contribution in [0.15, 0.2) is 22.5 Å². The number of aryl methyl sites for hydroxylation is 2. The van der Waals surface area contributed by atoms with Gasteiger partial charge in [0.1, 0.15) is 0 Å². The minimum atomic E-state index is 0.0417. The zero-order chi connectivity index (χ0) is 17.5. The Bertz CT molecular complexity index is 687. The number of aromatic nitrogens is 2. The molecule has 1 atom stereocenters. The molecule has 0 unspecified atom stereocenters. The van der Waals surface area contributed by atoms with Gasteiger partial charge in [-0.2, -0.15) is 0 Å². The predicted molar refractivity (Wildman–Crippen MR) is 102 cm³/mol. The molecule has 5 nitrogen and oxygen atoms in total. The van der Waals surface area contributed by atoms with Gasteiger partial charge in [-0.1, -0.05) is 54.1 Å². The highest BCUT2D eigenvalue weighted by Crippen LogP contribution is 2.28. The fourth-order valence-corrected chi connectivity index (χ4v) is 3.91. The van der Waals surface area contributed by atoms with Gasteiger partial charge in [0.05, 0.1) is 5.75 Å². The molecule has 2 aromatic rings. The summed E-state index contributed by atoms with van der Waals surface area (Å²) in [6.45, 7) is 8.28. The molecule has 1 heterocycles. The lowest BCUT2D eigenvalue weighted by Crippen LogP contribution is -2.33. The number of hydrogen-bond acceptors (Lipinski definition) is 6. The number of benzene rings is 1. The van der Waals surface area contributed by atoms with Gasteiger partial charge in [-0.25, -0.2) is 0 Å². The number of hydrogen-bond donors (Lipinski definition) is 2. The van der Waals surface area contributed by atoms with E-state index in [2.05, 4.69) is 53.7 Å². The molecule has 0 saturated carbocycles. The van der Waals surface area contributed by atoms with Gasteiger partial charge in [-0.15, -0.1) is 10.2 Å². The summed E-state index contributed by atoms with van der Waals surface area (Å²) in [7, 11) is 0.